The van der Waals surface area contributed by atoms with Crippen molar-refractivity contribution in [3.05, 3.63) is 30.1 Å². The molecule has 1 heterocycles. The SMILES string of the molecule is C[C@@H](O)[C@@H](NS(=O)(=O)c1ccc(F)cc1)C(=O)OCC(=O)N1CCOCC1. The van der Waals surface area contributed by atoms with Gasteiger partial charge in [0.25, 0.3) is 5.91 Å². The number of aliphatic hydroxyl groups excluding tert-OH is 1. The second-order valence-corrected chi connectivity index (χ2v) is 7.61. The molecule has 2 rings (SSSR count). The number of hydrogen-bond donors (Lipinski definition) is 2. The number of ether oxygens (including phenoxy) is 2. The molecular formula is C16H21FN2O7S. The van der Waals surface area contributed by atoms with Crippen LogP contribution >= 0.6 is 0 Å². The van der Waals surface area contributed by atoms with E-state index in [0.29, 0.717) is 26.3 Å². The Balaban J connectivity index is 1.99. The Bertz CT molecular complexity index is 761. The van der Waals surface area contributed by atoms with Crippen LogP contribution in [0.25, 0.3) is 0 Å². The number of carbonyl (C=O) groups is 2. The van der Waals surface area contributed by atoms with Crippen LogP contribution < -0.4 is 4.72 Å². The Morgan fingerprint density at radius 3 is 2.44 bits per heavy atom. The van der Waals surface area contributed by atoms with E-state index < -0.39 is 46.5 Å². The lowest BCUT2D eigenvalue weighted by atomic mass is 10.2. The van der Waals surface area contributed by atoms with Crippen molar-refractivity contribution in [1.29, 1.82) is 0 Å². The molecule has 27 heavy (non-hydrogen) atoms. The number of halogens is 1. The average Bonchev–Trinajstić information content (AvgIpc) is 2.64. The Kier molecular flexibility index (Phi) is 7.25. The lowest BCUT2D eigenvalue weighted by molar-refractivity contribution is -0.156. The summed E-state index contributed by atoms with van der Waals surface area (Å²) in [5.74, 6) is -2.17. The van der Waals surface area contributed by atoms with Gasteiger partial charge in [0.2, 0.25) is 10.0 Å². The molecule has 1 saturated heterocycles. The molecule has 2 N–H and O–H groups in total. The first-order chi connectivity index (χ1) is 12.7. The molecule has 11 heteroatoms. The van der Waals surface area contributed by atoms with Crippen molar-refractivity contribution in [2.45, 2.75) is 24.0 Å². The number of carbonyl (C=O) groups excluding carboxylic acids is 2. The third-order valence-electron chi connectivity index (χ3n) is 3.84. The van der Waals surface area contributed by atoms with Gasteiger partial charge in [-0.15, -0.1) is 0 Å². The van der Waals surface area contributed by atoms with E-state index in [0.717, 1.165) is 24.3 Å². The number of amides is 1. The van der Waals surface area contributed by atoms with Gasteiger partial charge in [0.05, 0.1) is 24.2 Å². The Morgan fingerprint density at radius 1 is 1.30 bits per heavy atom. The zero-order valence-electron chi connectivity index (χ0n) is 14.6. The van der Waals surface area contributed by atoms with E-state index in [4.69, 9.17) is 9.47 Å². The predicted octanol–water partition coefficient (Wildman–Crippen LogP) is -0.745. The lowest BCUT2D eigenvalue weighted by Gasteiger charge is -2.27. The number of nitrogens with zero attached hydrogens (tertiary/aromatic N) is 1. The maximum Gasteiger partial charge on any atom is 0.327 e. The predicted molar refractivity (Wildman–Crippen MR) is 90.5 cm³/mol. The highest BCUT2D eigenvalue weighted by Crippen LogP contribution is 2.12. The van der Waals surface area contributed by atoms with Crippen molar-refractivity contribution in [1.82, 2.24) is 9.62 Å². The van der Waals surface area contributed by atoms with Crippen molar-refractivity contribution in [3.63, 3.8) is 0 Å². The molecule has 0 aliphatic carbocycles. The van der Waals surface area contributed by atoms with Crippen molar-refractivity contribution >= 4 is 21.9 Å². The lowest BCUT2D eigenvalue weighted by Crippen LogP contribution is -2.49. The van der Waals surface area contributed by atoms with Crippen LogP contribution in [0.4, 0.5) is 4.39 Å². The minimum atomic E-state index is -4.21. The van der Waals surface area contributed by atoms with Crippen molar-refractivity contribution in [3.8, 4) is 0 Å². The number of rotatable bonds is 7. The highest BCUT2D eigenvalue weighted by atomic mass is 32.2. The van der Waals surface area contributed by atoms with Crippen LogP contribution in [0, 0.1) is 5.82 Å². The van der Waals surface area contributed by atoms with E-state index in [-0.39, 0.29) is 4.90 Å². The molecule has 1 aromatic carbocycles. The van der Waals surface area contributed by atoms with Crippen molar-refractivity contribution < 1.29 is 37.0 Å². The molecule has 1 aliphatic heterocycles. The van der Waals surface area contributed by atoms with Gasteiger partial charge in [0, 0.05) is 13.1 Å². The Hall–Kier alpha value is -2.08. The van der Waals surface area contributed by atoms with E-state index in [1.807, 2.05) is 4.72 Å². The fourth-order valence-electron chi connectivity index (χ4n) is 2.32. The molecule has 0 unspecified atom stereocenters. The number of nitrogens with one attached hydrogen (secondary N) is 1. The Labute approximate surface area is 156 Å². The highest BCUT2D eigenvalue weighted by molar-refractivity contribution is 7.89. The quantitative estimate of drug-likeness (QED) is 0.574. The van der Waals surface area contributed by atoms with E-state index in [1.54, 1.807) is 0 Å². The molecule has 2 atom stereocenters. The number of benzene rings is 1. The normalized spacial score (nSPS) is 17.2. The molecule has 1 aromatic rings. The fraction of sp³-hybridized carbons (Fsp3) is 0.500. The zero-order valence-corrected chi connectivity index (χ0v) is 15.4. The number of morpholine rings is 1. The molecule has 1 aliphatic rings. The van der Waals surface area contributed by atoms with Gasteiger partial charge in [-0.1, -0.05) is 0 Å². The van der Waals surface area contributed by atoms with E-state index >= 15 is 0 Å². The van der Waals surface area contributed by atoms with E-state index in [9.17, 15) is 27.5 Å². The highest BCUT2D eigenvalue weighted by Gasteiger charge is 2.31. The van der Waals surface area contributed by atoms with Crippen LogP contribution in [0.1, 0.15) is 6.92 Å². The van der Waals surface area contributed by atoms with Gasteiger partial charge < -0.3 is 19.5 Å². The van der Waals surface area contributed by atoms with Crippen LogP contribution in [0.3, 0.4) is 0 Å². The summed E-state index contributed by atoms with van der Waals surface area (Å²) in [4.78, 5) is 25.3. The average molecular weight is 404 g/mol. The first-order valence-corrected chi connectivity index (χ1v) is 9.67. The van der Waals surface area contributed by atoms with Crippen LogP contribution in [-0.2, 0) is 29.1 Å². The Morgan fingerprint density at radius 2 is 1.89 bits per heavy atom. The monoisotopic (exact) mass is 404 g/mol. The molecule has 0 saturated carbocycles. The third kappa shape index (κ3) is 5.96. The first kappa shape index (κ1) is 21.2. The zero-order chi connectivity index (χ0) is 20.0. The largest absolute Gasteiger partial charge is 0.454 e. The second kappa shape index (κ2) is 9.22. The van der Waals surface area contributed by atoms with Crippen LogP contribution in [0.2, 0.25) is 0 Å². The summed E-state index contributed by atoms with van der Waals surface area (Å²) in [5, 5.41) is 9.75. The fourth-order valence-corrected chi connectivity index (χ4v) is 3.58. The van der Waals surface area contributed by atoms with Gasteiger partial charge in [-0.05, 0) is 31.2 Å². The summed E-state index contributed by atoms with van der Waals surface area (Å²) < 4.78 is 49.6. The molecule has 150 valence electrons. The van der Waals surface area contributed by atoms with Gasteiger partial charge in [0.1, 0.15) is 11.9 Å². The van der Waals surface area contributed by atoms with Gasteiger partial charge in [0.15, 0.2) is 6.61 Å². The number of hydrogen-bond acceptors (Lipinski definition) is 7. The smallest absolute Gasteiger partial charge is 0.327 e. The minimum absolute atomic E-state index is 0.285. The van der Waals surface area contributed by atoms with Gasteiger partial charge >= 0.3 is 5.97 Å². The molecule has 0 spiro atoms. The van der Waals surface area contributed by atoms with Crippen molar-refractivity contribution in [2.75, 3.05) is 32.9 Å². The van der Waals surface area contributed by atoms with E-state index in [1.165, 1.54) is 11.8 Å². The topological polar surface area (TPSA) is 122 Å². The summed E-state index contributed by atoms with van der Waals surface area (Å²) in [6.07, 6.45) is -1.42. The summed E-state index contributed by atoms with van der Waals surface area (Å²) in [7, 11) is -4.21. The minimum Gasteiger partial charge on any atom is -0.454 e. The second-order valence-electron chi connectivity index (χ2n) is 5.89. The van der Waals surface area contributed by atoms with Gasteiger partial charge in [-0.2, -0.15) is 4.72 Å². The summed E-state index contributed by atoms with van der Waals surface area (Å²) in [6, 6.07) is 2.31. The standard InChI is InChI=1S/C16H21FN2O7S/c1-11(20)15(18-27(23,24)13-4-2-12(17)3-5-13)16(22)26-10-14(21)19-6-8-25-9-7-19/h2-5,11,15,18,20H,6-10H2,1H3/t11-,15-/m1/s1. The number of sulfonamides is 1. The molecule has 0 radical (unpaired) electrons. The molecular weight excluding hydrogens is 383 g/mol. The number of esters is 1. The maximum atomic E-state index is 13.0. The van der Waals surface area contributed by atoms with Gasteiger partial charge in [-0.25, -0.2) is 12.8 Å². The van der Waals surface area contributed by atoms with Crippen LogP contribution in [-0.4, -0.2) is 75.4 Å². The van der Waals surface area contributed by atoms with Crippen LogP contribution in [0.5, 0.6) is 0 Å². The molecule has 0 aromatic heterocycles. The maximum absolute atomic E-state index is 13.0. The molecule has 0 bridgehead atoms. The number of aliphatic hydroxyl groups is 1. The third-order valence-corrected chi connectivity index (χ3v) is 5.30. The summed E-state index contributed by atoms with van der Waals surface area (Å²) >= 11 is 0. The summed E-state index contributed by atoms with van der Waals surface area (Å²) in [6.45, 7) is 2.12. The summed E-state index contributed by atoms with van der Waals surface area (Å²) in [5.41, 5.74) is 0. The van der Waals surface area contributed by atoms with Crippen LogP contribution in [0.15, 0.2) is 29.2 Å². The molecule has 1 amide bonds. The first-order valence-electron chi connectivity index (χ1n) is 8.19. The van der Waals surface area contributed by atoms with Crippen molar-refractivity contribution in [2.24, 2.45) is 0 Å². The van der Waals surface area contributed by atoms with E-state index in [2.05, 4.69) is 0 Å². The van der Waals surface area contributed by atoms with Gasteiger partial charge in [-0.3, -0.25) is 9.59 Å². The molecule has 1 fully saturated rings. The molecule has 9 nitrogen and oxygen atoms in total.